The van der Waals surface area contributed by atoms with E-state index < -0.39 is 0 Å². The second kappa shape index (κ2) is 6.41. The number of rotatable bonds is 5. The molecule has 0 aliphatic carbocycles. The number of benzene rings is 1. The van der Waals surface area contributed by atoms with Gasteiger partial charge in [-0.05, 0) is 30.5 Å². The molecular formula is C12H18ClNS. The summed E-state index contributed by atoms with van der Waals surface area (Å²) in [6.45, 7) is 5.11. The van der Waals surface area contributed by atoms with Gasteiger partial charge in [-0.2, -0.15) is 0 Å². The van der Waals surface area contributed by atoms with Gasteiger partial charge in [0.25, 0.3) is 0 Å². The average Bonchev–Trinajstić information content (AvgIpc) is 2.17. The molecule has 0 radical (unpaired) electrons. The zero-order valence-electron chi connectivity index (χ0n) is 9.29. The van der Waals surface area contributed by atoms with Crippen molar-refractivity contribution < 1.29 is 0 Å². The smallest absolute Gasteiger partial charge is 0.0544 e. The minimum absolute atomic E-state index is 0.676. The summed E-state index contributed by atoms with van der Waals surface area (Å²) in [7, 11) is 0. The monoisotopic (exact) mass is 243 g/mol. The molecule has 0 aliphatic heterocycles. The van der Waals surface area contributed by atoms with E-state index in [1.807, 2.05) is 23.9 Å². The van der Waals surface area contributed by atoms with E-state index in [4.69, 9.17) is 17.3 Å². The highest BCUT2D eigenvalue weighted by Gasteiger charge is 2.07. The Morgan fingerprint density at radius 2 is 2.13 bits per heavy atom. The van der Waals surface area contributed by atoms with Gasteiger partial charge in [-0.15, -0.1) is 11.8 Å². The van der Waals surface area contributed by atoms with Crippen LogP contribution in [0.4, 0.5) is 0 Å². The van der Waals surface area contributed by atoms with Crippen molar-refractivity contribution in [3.8, 4) is 0 Å². The molecule has 1 rings (SSSR count). The van der Waals surface area contributed by atoms with Gasteiger partial charge >= 0.3 is 0 Å². The quantitative estimate of drug-likeness (QED) is 0.800. The van der Waals surface area contributed by atoms with Gasteiger partial charge in [-0.25, -0.2) is 0 Å². The Balaban J connectivity index is 2.81. The predicted molar refractivity (Wildman–Crippen MR) is 69.8 cm³/mol. The predicted octanol–water partition coefficient (Wildman–Crippen LogP) is 3.59. The lowest BCUT2D eigenvalue weighted by atomic mass is 10.1. The first-order valence-corrected chi connectivity index (χ1v) is 6.61. The van der Waals surface area contributed by atoms with Crippen LogP contribution in [0.25, 0.3) is 0 Å². The van der Waals surface area contributed by atoms with Crippen molar-refractivity contribution in [1.29, 1.82) is 0 Å². The van der Waals surface area contributed by atoms with Gasteiger partial charge in [0.05, 0.1) is 5.02 Å². The lowest BCUT2D eigenvalue weighted by Crippen LogP contribution is -2.04. The summed E-state index contributed by atoms with van der Waals surface area (Å²) in [6, 6.07) is 6.05. The average molecular weight is 244 g/mol. The first kappa shape index (κ1) is 12.9. The van der Waals surface area contributed by atoms with Crippen LogP contribution in [0.3, 0.4) is 0 Å². The van der Waals surface area contributed by atoms with Crippen molar-refractivity contribution >= 4 is 23.4 Å². The molecule has 2 N–H and O–H groups in total. The largest absolute Gasteiger partial charge is 0.330 e. The summed E-state index contributed by atoms with van der Waals surface area (Å²) in [6.07, 6.45) is 0.904. The van der Waals surface area contributed by atoms with E-state index in [-0.39, 0.29) is 0 Å². The summed E-state index contributed by atoms with van der Waals surface area (Å²) >= 11 is 8.02. The topological polar surface area (TPSA) is 26.0 Å². The van der Waals surface area contributed by atoms with Gasteiger partial charge < -0.3 is 5.73 Å². The lowest BCUT2D eigenvalue weighted by Gasteiger charge is -2.11. The minimum atomic E-state index is 0.676. The van der Waals surface area contributed by atoms with E-state index in [1.165, 1.54) is 10.5 Å². The van der Waals surface area contributed by atoms with Crippen molar-refractivity contribution in [2.24, 2.45) is 11.7 Å². The molecule has 0 unspecified atom stereocenters. The van der Waals surface area contributed by atoms with Gasteiger partial charge in [0, 0.05) is 10.6 Å². The SMILES string of the molecule is CC(C)CSc1c(Cl)cccc1CCN. The summed E-state index contributed by atoms with van der Waals surface area (Å²) in [5, 5.41) is 0.853. The molecule has 15 heavy (non-hydrogen) atoms. The van der Waals surface area contributed by atoms with Gasteiger partial charge in [0.15, 0.2) is 0 Å². The molecule has 0 bridgehead atoms. The van der Waals surface area contributed by atoms with Gasteiger partial charge in [0.2, 0.25) is 0 Å². The van der Waals surface area contributed by atoms with E-state index in [0.29, 0.717) is 12.5 Å². The molecule has 0 amide bonds. The first-order valence-electron chi connectivity index (χ1n) is 5.25. The fourth-order valence-electron chi connectivity index (χ4n) is 1.32. The molecule has 0 atom stereocenters. The molecule has 0 heterocycles. The Labute approximate surface area is 101 Å². The maximum atomic E-state index is 6.19. The Kier molecular flexibility index (Phi) is 5.51. The maximum absolute atomic E-state index is 6.19. The number of hydrogen-bond donors (Lipinski definition) is 1. The molecule has 84 valence electrons. The fraction of sp³-hybridized carbons (Fsp3) is 0.500. The third kappa shape index (κ3) is 4.06. The molecule has 0 aromatic heterocycles. The van der Waals surface area contributed by atoms with Gasteiger partial charge in [-0.1, -0.05) is 37.6 Å². The zero-order valence-corrected chi connectivity index (χ0v) is 10.9. The summed E-state index contributed by atoms with van der Waals surface area (Å²) in [4.78, 5) is 1.21. The van der Waals surface area contributed by atoms with Crippen molar-refractivity contribution in [3.63, 3.8) is 0 Å². The third-order valence-corrected chi connectivity index (χ3v) is 4.05. The highest BCUT2D eigenvalue weighted by atomic mass is 35.5. The number of nitrogens with two attached hydrogens (primary N) is 1. The highest BCUT2D eigenvalue weighted by Crippen LogP contribution is 2.32. The lowest BCUT2D eigenvalue weighted by molar-refractivity contribution is 0.750. The molecule has 3 heteroatoms. The van der Waals surface area contributed by atoms with Crippen LogP contribution in [0.15, 0.2) is 23.1 Å². The first-order chi connectivity index (χ1) is 7.15. The molecule has 1 nitrogen and oxygen atoms in total. The zero-order chi connectivity index (χ0) is 11.3. The highest BCUT2D eigenvalue weighted by molar-refractivity contribution is 7.99. The molecule has 1 aromatic rings. The molecule has 0 saturated carbocycles. The third-order valence-electron chi connectivity index (χ3n) is 2.02. The van der Waals surface area contributed by atoms with Crippen LogP contribution in [0.1, 0.15) is 19.4 Å². The second-order valence-electron chi connectivity index (χ2n) is 3.97. The summed E-state index contributed by atoms with van der Waals surface area (Å²) in [5.74, 6) is 1.78. The maximum Gasteiger partial charge on any atom is 0.0544 e. The van der Waals surface area contributed by atoms with Crippen LogP contribution in [0, 0.1) is 5.92 Å². The van der Waals surface area contributed by atoms with Crippen LogP contribution in [0.2, 0.25) is 5.02 Å². The number of halogens is 1. The molecule has 1 aromatic carbocycles. The molecule has 0 aliphatic rings. The Bertz CT molecular complexity index is 312. The molecular weight excluding hydrogens is 226 g/mol. The summed E-state index contributed by atoms with van der Waals surface area (Å²) < 4.78 is 0. The van der Waals surface area contributed by atoms with E-state index >= 15 is 0 Å². The van der Waals surface area contributed by atoms with Crippen molar-refractivity contribution in [2.75, 3.05) is 12.3 Å². The summed E-state index contributed by atoms with van der Waals surface area (Å²) in [5.41, 5.74) is 6.86. The van der Waals surface area contributed by atoms with Crippen molar-refractivity contribution in [3.05, 3.63) is 28.8 Å². The van der Waals surface area contributed by atoms with Crippen LogP contribution in [-0.2, 0) is 6.42 Å². The van der Waals surface area contributed by atoms with E-state index in [9.17, 15) is 0 Å². The second-order valence-corrected chi connectivity index (χ2v) is 5.41. The van der Waals surface area contributed by atoms with Crippen LogP contribution < -0.4 is 5.73 Å². The van der Waals surface area contributed by atoms with E-state index in [0.717, 1.165) is 17.2 Å². The van der Waals surface area contributed by atoms with Gasteiger partial charge in [0.1, 0.15) is 0 Å². The van der Waals surface area contributed by atoms with Crippen LogP contribution in [-0.4, -0.2) is 12.3 Å². The van der Waals surface area contributed by atoms with Crippen molar-refractivity contribution in [2.45, 2.75) is 25.2 Å². The van der Waals surface area contributed by atoms with E-state index in [2.05, 4.69) is 19.9 Å². The molecule has 0 saturated heterocycles. The minimum Gasteiger partial charge on any atom is -0.330 e. The fourth-order valence-corrected chi connectivity index (χ4v) is 2.74. The Hall–Kier alpha value is -0.180. The Morgan fingerprint density at radius 3 is 2.73 bits per heavy atom. The van der Waals surface area contributed by atoms with Crippen molar-refractivity contribution in [1.82, 2.24) is 0 Å². The molecule has 0 spiro atoms. The van der Waals surface area contributed by atoms with E-state index in [1.54, 1.807) is 0 Å². The number of thioether (sulfide) groups is 1. The number of hydrogen-bond acceptors (Lipinski definition) is 2. The van der Waals surface area contributed by atoms with Crippen LogP contribution >= 0.6 is 23.4 Å². The molecule has 0 fully saturated rings. The Morgan fingerprint density at radius 1 is 1.40 bits per heavy atom. The van der Waals surface area contributed by atoms with Crippen LogP contribution in [0.5, 0.6) is 0 Å². The standard InChI is InChI=1S/C12H18ClNS/c1-9(2)8-15-12-10(6-7-14)4-3-5-11(12)13/h3-5,9H,6-8,14H2,1-2H3. The normalized spacial score (nSPS) is 11.0. The van der Waals surface area contributed by atoms with Gasteiger partial charge in [-0.3, -0.25) is 0 Å².